The maximum atomic E-state index is 4.64. The van der Waals surface area contributed by atoms with E-state index in [4.69, 9.17) is 0 Å². The minimum atomic E-state index is 0.452. The van der Waals surface area contributed by atoms with Gasteiger partial charge in [0.15, 0.2) is 0 Å². The highest BCUT2D eigenvalue weighted by molar-refractivity contribution is 5.39. The normalized spacial score (nSPS) is 28.4. The fourth-order valence-electron chi connectivity index (χ4n) is 5.42. The van der Waals surface area contributed by atoms with Crippen molar-refractivity contribution in [2.45, 2.75) is 78.8 Å². The van der Waals surface area contributed by atoms with Crippen molar-refractivity contribution in [2.75, 3.05) is 39.3 Å². The highest BCUT2D eigenvalue weighted by Crippen LogP contribution is 2.35. The van der Waals surface area contributed by atoms with E-state index in [1.807, 2.05) is 0 Å². The lowest BCUT2D eigenvalue weighted by atomic mass is 9.81. The topological polar surface area (TPSA) is 9.72 Å². The Balaban J connectivity index is 1.53. The molecule has 2 aliphatic carbocycles. The summed E-state index contributed by atoms with van der Waals surface area (Å²) in [7, 11) is 0. The van der Waals surface area contributed by atoms with E-state index in [9.17, 15) is 0 Å². The van der Waals surface area contributed by atoms with Gasteiger partial charge in [0.05, 0.1) is 6.04 Å². The molecule has 0 radical (unpaired) electrons. The van der Waals surface area contributed by atoms with E-state index in [1.54, 1.807) is 0 Å². The zero-order valence-electron chi connectivity index (χ0n) is 20.4. The molecule has 0 aromatic heterocycles. The zero-order chi connectivity index (χ0) is 21.7. The van der Waals surface area contributed by atoms with Gasteiger partial charge in [-0.05, 0) is 50.0 Å². The molecule has 3 unspecified atom stereocenters. The third-order valence-corrected chi connectivity index (χ3v) is 8.49. The van der Waals surface area contributed by atoms with Crippen molar-refractivity contribution in [1.82, 2.24) is 14.7 Å². The first kappa shape index (κ1) is 23.6. The Bertz CT molecular complexity index is 606. The van der Waals surface area contributed by atoms with E-state index < -0.39 is 0 Å². The summed E-state index contributed by atoms with van der Waals surface area (Å²) in [6, 6.07) is 1.16. The van der Waals surface area contributed by atoms with Crippen molar-refractivity contribution in [3.8, 4) is 0 Å². The van der Waals surface area contributed by atoms with Gasteiger partial charge in [-0.2, -0.15) is 0 Å². The third-order valence-electron chi connectivity index (χ3n) is 8.49. The predicted octanol–water partition coefficient (Wildman–Crippen LogP) is 5.57. The molecule has 3 heteroatoms. The summed E-state index contributed by atoms with van der Waals surface area (Å²) in [6.07, 6.45) is 13.4. The van der Waals surface area contributed by atoms with Crippen LogP contribution in [0.2, 0.25) is 0 Å². The van der Waals surface area contributed by atoms with Crippen LogP contribution in [0.25, 0.3) is 0 Å². The average Bonchev–Trinajstić information content (AvgIpc) is 2.72. The Kier molecular flexibility index (Phi) is 8.65. The Hall–Kier alpha value is -1.06. The van der Waals surface area contributed by atoms with Crippen LogP contribution in [0.1, 0.15) is 66.7 Å². The maximum Gasteiger partial charge on any atom is 0.0511 e. The van der Waals surface area contributed by atoms with Crippen LogP contribution in [0.4, 0.5) is 0 Å². The molecule has 3 aliphatic rings. The molecule has 170 valence electrons. The number of allylic oxidation sites excluding steroid dienone is 3. The van der Waals surface area contributed by atoms with E-state index in [0.29, 0.717) is 18.0 Å². The Labute approximate surface area is 186 Å². The van der Waals surface area contributed by atoms with E-state index in [1.165, 1.54) is 69.6 Å². The predicted molar refractivity (Wildman–Crippen MR) is 131 cm³/mol. The number of nitrogens with zero attached hydrogens (tertiary/aromatic N) is 3. The molecule has 0 N–H and O–H groups in total. The number of hydrogen-bond donors (Lipinski definition) is 0. The molecule has 0 aromatic carbocycles. The number of rotatable bonds is 10. The lowest BCUT2D eigenvalue weighted by Gasteiger charge is -2.43. The molecule has 0 amide bonds. The molecule has 0 spiro atoms. The second kappa shape index (κ2) is 11.0. The van der Waals surface area contributed by atoms with Gasteiger partial charge in [0.1, 0.15) is 0 Å². The fraction of sp³-hybridized carbons (Fsp3) is 0.778. The molecule has 3 rings (SSSR count). The molecular weight excluding hydrogens is 366 g/mol. The van der Waals surface area contributed by atoms with E-state index in [0.717, 1.165) is 24.9 Å². The Morgan fingerprint density at radius 2 is 1.73 bits per heavy atom. The lowest BCUT2D eigenvalue weighted by Crippen LogP contribution is -2.52. The largest absolute Gasteiger partial charge is 0.367 e. The van der Waals surface area contributed by atoms with Crippen LogP contribution >= 0.6 is 0 Å². The minimum absolute atomic E-state index is 0.452. The Morgan fingerprint density at radius 3 is 2.27 bits per heavy atom. The first-order valence-corrected chi connectivity index (χ1v) is 12.7. The molecule has 30 heavy (non-hydrogen) atoms. The summed E-state index contributed by atoms with van der Waals surface area (Å²) >= 11 is 0. The van der Waals surface area contributed by atoms with Crippen molar-refractivity contribution in [3.05, 3.63) is 36.1 Å². The van der Waals surface area contributed by atoms with Gasteiger partial charge in [-0.25, -0.2) is 0 Å². The first-order valence-electron chi connectivity index (χ1n) is 12.7. The van der Waals surface area contributed by atoms with Crippen molar-refractivity contribution >= 4 is 0 Å². The van der Waals surface area contributed by atoms with Gasteiger partial charge < -0.3 is 4.90 Å². The monoisotopic (exact) mass is 413 g/mol. The molecule has 3 atom stereocenters. The second-order valence-corrected chi connectivity index (χ2v) is 10.3. The first-order chi connectivity index (χ1) is 14.4. The summed E-state index contributed by atoms with van der Waals surface area (Å²) < 4.78 is 0. The molecule has 0 aromatic rings. The van der Waals surface area contributed by atoms with Crippen LogP contribution in [-0.2, 0) is 0 Å². The van der Waals surface area contributed by atoms with E-state index in [-0.39, 0.29) is 0 Å². The van der Waals surface area contributed by atoms with Crippen molar-refractivity contribution in [1.29, 1.82) is 0 Å². The lowest BCUT2D eigenvalue weighted by molar-refractivity contribution is 0.0732. The van der Waals surface area contributed by atoms with Crippen molar-refractivity contribution < 1.29 is 0 Å². The summed E-state index contributed by atoms with van der Waals surface area (Å²) in [5.74, 6) is 2.37. The summed E-state index contributed by atoms with van der Waals surface area (Å²) in [4.78, 5) is 8.03. The third kappa shape index (κ3) is 5.79. The number of hydrogen-bond acceptors (Lipinski definition) is 3. The van der Waals surface area contributed by atoms with Crippen LogP contribution in [0.3, 0.4) is 0 Å². The van der Waals surface area contributed by atoms with Gasteiger partial charge in [-0.15, -0.1) is 0 Å². The smallest absolute Gasteiger partial charge is 0.0511 e. The SMILES string of the molecule is C=C(C1CCC(C)CC1)N(CCN1CCN(C(C)C(C)CC)CC1)C(C)C1=CC=C1. The van der Waals surface area contributed by atoms with Crippen LogP contribution in [0.5, 0.6) is 0 Å². The molecule has 1 aliphatic heterocycles. The highest BCUT2D eigenvalue weighted by atomic mass is 15.3. The average molecular weight is 414 g/mol. The van der Waals surface area contributed by atoms with Gasteiger partial charge in [0, 0.05) is 51.0 Å². The van der Waals surface area contributed by atoms with Gasteiger partial charge in [0.25, 0.3) is 0 Å². The summed E-state index contributed by atoms with van der Waals surface area (Å²) in [5, 5.41) is 0. The zero-order valence-corrected chi connectivity index (χ0v) is 20.4. The summed E-state index contributed by atoms with van der Waals surface area (Å²) in [5.41, 5.74) is 2.87. The maximum absolute atomic E-state index is 4.64. The van der Waals surface area contributed by atoms with Crippen LogP contribution in [0.15, 0.2) is 36.1 Å². The molecule has 3 nitrogen and oxygen atoms in total. The molecule has 0 bridgehead atoms. The fourth-order valence-corrected chi connectivity index (χ4v) is 5.42. The Morgan fingerprint density at radius 1 is 1.10 bits per heavy atom. The van der Waals surface area contributed by atoms with E-state index in [2.05, 4.69) is 74.1 Å². The van der Waals surface area contributed by atoms with E-state index >= 15 is 0 Å². The van der Waals surface area contributed by atoms with Crippen LogP contribution in [-0.4, -0.2) is 66.1 Å². The molecule has 1 saturated carbocycles. The standard InChI is InChI=1S/C27H47N3/c1-7-22(3)23(4)29-18-15-28(16-19-29)17-20-30(24(5)26-9-8-10-26)25(6)27-13-11-21(2)12-14-27/h8-10,21-24,27H,6-7,11-20H2,1-5H3. The van der Waals surface area contributed by atoms with Crippen LogP contribution < -0.4 is 0 Å². The van der Waals surface area contributed by atoms with Gasteiger partial charge in [-0.3, -0.25) is 9.80 Å². The minimum Gasteiger partial charge on any atom is -0.367 e. The highest BCUT2D eigenvalue weighted by Gasteiger charge is 2.29. The van der Waals surface area contributed by atoms with Gasteiger partial charge in [-0.1, -0.05) is 64.8 Å². The quantitative estimate of drug-likeness (QED) is 0.464. The van der Waals surface area contributed by atoms with Gasteiger partial charge in [0.2, 0.25) is 0 Å². The molecular formula is C27H47N3. The molecule has 1 heterocycles. The van der Waals surface area contributed by atoms with Crippen molar-refractivity contribution in [3.63, 3.8) is 0 Å². The second-order valence-electron chi connectivity index (χ2n) is 10.3. The number of piperazine rings is 1. The summed E-state index contributed by atoms with van der Waals surface area (Å²) in [6.45, 7) is 23.7. The van der Waals surface area contributed by atoms with Crippen LogP contribution in [0, 0.1) is 17.8 Å². The van der Waals surface area contributed by atoms with Gasteiger partial charge >= 0.3 is 0 Å². The molecule has 1 saturated heterocycles. The molecule has 2 fully saturated rings. The van der Waals surface area contributed by atoms with Crippen molar-refractivity contribution in [2.24, 2.45) is 17.8 Å².